The fourth-order valence-electron chi connectivity index (χ4n) is 6.04. The van der Waals surface area contributed by atoms with Gasteiger partial charge in [-0.25, -0.2) is 0 Å². The van der Waals surface area contributed by atoms with Gasteiger partial charge in [-0.3, -0.25) is 9.69 Å². The van der Waals surface area contributed by atoms with Crippen LogP contribution >= 0.6 is 0 Å². The normalized spacial score (nSPS) is 26.1. The van der Waals surface area contributed by atoms with Crippen molar-refractivity contribution >= 4 is 5.91 Å². The Morgan fingerprint density at radius 2 is 1.94 bits per heavy atom. The Hall–Kier alpha value is -2.17. The van der Waals surface area contributed by atoms with E-state index in [0.29, 0.717) is 12.0 Å². The van der Waals surface area contributed by atoms with E-state index in [2.05, 4.69) is 77.5 Å². The molecule has 164 valence electrons. The molecule has 2 fully saturated rings. The number of nitrogens with zero attached hydrogens (tertiary/aromatic N) is 2. The van der Waals surface area contributed by atoms with Gasteiger partial charge in [-0.05, 0) is 66.4 Å². The number of nitrogens with one attached hydrogen (secondary N) is 1. The predicted octanol–water partition coefficient (Wildman–Crippen LogP) is 4.41. The first-order valence-electron chi connectivity index (χ1n) is 11.9. The van der Waals surface area contributed by atoms with Gasteiger partial charge in [0.05, 0.1) is 0 Å². The standard InChI is InChI=1S/C27H35N3O/c1-27(2)19-29(17-20-7-4-3-5-8-20)14-12-25(27)21-10-11-24-22(15-21)18-30(26(24)31)23-9-6-13-28-16-23/h3-5,7-8,10-11,15,23,25,28H,6,9,12-14,16-19H2,1-2H3. The number of hydrogen-bond donors (Lipinski definition) is 1. The van der Waals surface area contributed by atoms with Crippen molar-refractivity contribution in [2.24, 2.45) is 5.41 Å². The minimum atomic E-state index is 0.205. The van der Waals surface area contributed by atoms with E-state index in [-0.39, 0.29) is 11.3 Å². The molecule has 0 aromatic heterocycles. The smallest absolute Gasteiger partial charge is 0.254 e. The van der Waals surface area contributed by atoms with E-state index >= 15 is 0 Å². The van der Waals surface area contributed by atoms with Crippen LogP contribution in [0.5, 0.6) is 0 Å². The molecule has 0 bridgehead atoms. The topological polar surface area (TPSA) is 35.6 Å². The fourth-order valence-corrected chi connectivity index (χ4v) is 6.04. The highest BCUT2D eigenvalue weighted by molar-refractivity contribution is 5.98. The summed E-state index contributed by atoms with van der Waals surface area (Å²) in [7, 11) is 0. The van der Waals surface area contributed by atoms with Crippen molar-refractivity contribution in [1.82, 2.24) is 15.1 Å². The Bertz CT molecular complexity index is 933. The summed E-state index contributed by atoms with van der Waals surface area (Å²) in [6.45, 7) is 10.9. The minimum Gasteiger partial charge on any atom is -0.330 e. The van der Waals surface area contributed by atoms with Crippen molar-refractivity contribution in [1.29, 1.82) is 0 Å². The van der Waals surface area contributed by atoms with Gasteiger partial charge in [0.25, 0.3) is 5.91 Å². The second-order valence-corrected chi connectivity index (χ2v) is 10.4. The lowest BCUT2D eigenvalue weighted by Crippen LogP contribution is -2.46. The molecule has 3 aliphatic rings. The number of piperidine rings is 2. The lowest BCUT2D eigenvalue weighted by atomic mass is 9.70. The number of rotatable bonds is 4. The van der Waals surface area contributed by atoms with Crippen LogP contribution in [-0.2, 0) is 13.1 Å². The van der Waals surface area contributed by atoms with E-state index < -0.39 is 0 Å². The van der Waals surface area contributed by atoms with Crippen LogP contribution < -0.4 is 5.32 Å². The summed E-state index contributed by atoms with van der Waals surface area (Å²) >= 11 is 0. The summed E-state index contributed by atoms with van der Waals surface area (Å²) in [6.07, 6.45) is 3.45. The fraction of sp³-hybridized carbons (Fsp3) is 0.519. The largest absolute Gasteiger partial charge is 0.330 e. The van der Waals surface area contributed by atoms with E-state index in [4.69, 9.17) is 0 Å². The summed E-state index contributed by atoms with van der Waals surface area (Å²) in [6, 6.07) is 17.8. The number of hydrogen-bond acceptors (Lipinski definition) is 3. The molecule has 2 atom stereocenters. The Balaban J connectivity index is 1.30. The lowest BCUT2D eigenvalue weighted by molar-refractivity contribution is 0.0674. The molecule has 3 heterocycles. The number of carbonyl (C=O) groups excluding carboxylic acids is 1. The molecule has 3 aliphatic heterocycles. The number of likely N-dealkylation sites (tertiary alicyclic amines) is 1. The molecule has 5 rings (SSSR count). The molecule has 31 heavy (non-hydrogen) atoms. The highest BCUT2D eigenvalue weighted by Crippen LogP contribution is 2.43. The average Bonchev–Trinajstić information content (AvgIpc) is 3.10. The van der Waals surface area contributed by atoms with E-state index in [1.54, 1.807) is 0 Å². The van der Waals surface area contributed by atoms with Crippen molar-refractivity contribution in [2.75, 3.05) is 26.2 Å². The van der Waals surface area contributed by atoms with E-state index in [0.717, 1.165) is 57.7 Å². The van der Waals surface area contributed by atoms with Crippen LogP contribution in [0, 0.1) is 5.41 Å². The highest BCUT2D eigenvalue weighted by Gasteiger charge is 2.38. The van der Waals surface area contributed by atoms with E-state index in [1.807, 2.05) is 0 Å². The molecule has 0 aliphatic carbocycles. The molecule has 0 radical (unpaired) electrons. The second-order valence-electron chi connectivity index (χ2n) is 10.4. The first-order chi connectivity index (χ1) is 15.0. The Morgan fingerprint density at radius 1 is 1.10 bits per heavy atom. The predicted molar refractivity (Wildman–Crippen MR) is 125 cm³/mol. The van der Waals surface area contributed by atoms with Gasteiger partial charge in [0.15, 0.2) is 0 Å². The third kappa shape index (κ3) is 4.16. The molecule has 2 aromatic rings. The monoisotopic (exact) mass is 417 g/mol. The second kappa shape index (κ2) is 8.40. The third-order valence-corrected chi connectivity index (χ3v) is 7.63. The summed E-state index contributed by atoms with van der Waals surface area (Å²) in [5.41, 5.74) is 5.17. The molecule has 2 saturated heterocycles. The summed E-state index contributed by atoms with van der Waals surface area (Å²) in [4.78, 5) is 17.7. The van der Waals surface area contributed by atoms with Crippen molar-refractivity contribution in [3.05, 3.63) is 70.8 Å². The molecule has 0 saturated carbocycles. The first kappa shape index (κ1) is 20.7. The van der Waals surface area contributed by atoms with Crippen molar-refractivity contribution in [2.45, 2.75) is 58.2 Å². The van der Waals surface area contributed by atoms with Crippen molar-refractivity contribution in [3.8, 4) is 0 Å². The van der Waals surface area contributed by atoms with Gasteiger partial charge in [0.2, 0.25) is 0 Å². The van der Waals surface area contributed by atoms with Gasteiger partial charge in [-0.2, -0.15) is 0 Å². The molecule has 2 aromatic carbocycles. The molecule has 0 spiro atoms. The van der Waals surface area contributed by atoms with Crippen LogP contribution in [0.25, 0.3) is 0 Å². The third-order valence-electron chi connectivity index (χ3n) is 7.63. The summed E-state index contributed by atoms with van der Waals surface area (Å²) < 4.78 is 0. The molecule has 2 unspecified atom stereocenters. The summed E-state index contributed by atoms with van der Waals surface area (Å²) in [5.74, 6) is 0.762. The zero-order valence-electron chi connectivity index (χ0n) is 18.9. The Labute approximate surface area is 186 Å². The quantitative estimate of drug-likeness (QED) is 0.800. The zero-order chi connectivity index (χ0) is 21.4. The van der Waals surface area contributed by atoms with E-state index in [9.17, 15) is 4.79 Å². The number of carbonyl (C=O) groups is 1. The van der Waals surface area contributed by atoms with Crippen molar-refractivity contribution < 1.29 is 4.79 Å². The summed E-state index contributed by atoms with van der Waals surface area (Å²) in [5, 5.41) is 3.46. The molecular formula is C27H35N3O. The van der Waals surface area contributed by atoms with Gasteiger partial charge in [0.1, 0.15) is 0 Å². The van der Waals surface area contributed by atoms with Crippen LogP contribution in [0.3, 0.4) is 0 Å². The maximum Gasteiger partial charge on any atom is 0.254 e. The molecule has 1 amide bonds. The van der Waals surface area contributed by atoms with Gasteiger partial charge >= 0.3 is 0 Å². The molecular weight excluding hydrogens is 382 g/mol. The highest BCUT2D eigenvalue weighted by atomic mass is 16.2. The Morgan fingerprint density at radius 3 is 2.68 bits per heavy atom. The number of amides is 1. The lowest BCUT2D eigenvalue weighted by Gasteiger charge is -2.45. The van der Waals surface area contributed by atoms with Crippen LogP contribution in [0.4, 0.5) is 0 Å². The maximum atomic E-state index is 13.0. The average molecular weight is 418 g/mol. The Kier molecular flexibility index (Phi) is 5.61. The van der Waals surface area contributed by atoms with Crippen LogP contribution in [0.2, 0.25) is 0 Å². The first-order valence-corrected chi connectivity index (χ1v) is 11.9. The van der Waals surface area contributed by atoms with Gasteiger partial charge in [0, 0.05) is 37.8 Å². The molecule has 1 N–H and O–H groups in total. The minimum absolute atomic E-state index is 0.205. The van der Waals surface area contributed by atoms with E-state index in [1.165, 1.54) is 23.1 Å². The zero-order valence-corrected chi connectivity index (χ0v) is 18.9. The molecule has 4 heteroatoms. The SMILES string of the molecule is CC1(C)CN(Cc2ccccc2)CCC1c1ccc2c(c1)CN(C1CCCNC1)C2=O. The number of benzene rings is 2. The maximum absolute atomic E-state index is 13.0. The van der Waals surface area contributed by atoms with Gasteiger partial charge < -0.3 is 10.2 Å². The van der Waals surface area contributed by atoms with Gasteiger partial charge in [-0.1, -0.05) is 56.3 Å². The van der Waals surface area contributed by atoms with Crippen LogP contribution in [-0.4, -0.2) is 47.9 Å². The van der Waals surface area contributed by atoms with Crippen LogP contribution in [0.1, 0.15) is 66.1 Å². The molecule has 4 nitrogen and oxygen atoms in total. The van der Waals surface area contributed by atoms with Gasteiger partial charge in [-0.15, -0.1) is 0 Å². The van der Waals surface area contributed by atoms with Crippen molar-refractivity contribution in [3.63, 3.8) is 0 Å². The van der Waals surface area contributed by atoms with Crippen LogP contribution in [0.15, 0.2) is 48.5 Å². The number of fused-ring (bicyclic) bond motifs is 1.